The number of amides is 2. The molecular weight excluding hydrogens is 1040 g/mol. The summed E-state index contributed by atoms with van der Waals surface area (Å²) in [6.45, 7) is 8.37. The zero-order valence-corrected chi connectivity index (χ0v) is 52.2. The van der Waals surface area contributed by atoms with Gasteiger partial charge in [0.1, 0.15) is 11.5 Å². The van der Waals surface area contributed by atoms with Gasteiger partial charge in [0.2, 0.25) is 0 Å². The van der Waals surface area contributed by atoms with Crippen LogP contribution in [-0.2, 0) is 19.8 Å². The number of piperidine rings is 2. The molecule has 4 aliphatic heterocycles. The number of ether oxygens (including phenoxy) is 4. The summed E-state index contributed by atoms with van der Waals surface area (Å²) in [5, 5.41) is 6.00. The second-order valence-corrected chi connectivity index (χ2v) is 25.1. The van der Waals surface area contributed by atoms with E-state index in [0.717, 1.165) is 118 Å². The standard InChI is InChI=1S/C72H112N4O7.CH4/c1-3-5-7-9-11-13-15-17-19-21-23-25-27-29-31-37-51-73-70(78)80-55-49-59-41-35-39-53-75(59)61-45-47-65-67(57-61)82-68-58-62(46-48-66(68)72(65)64-44-34-33-43-63(64)69(77)83-72)76-54-40-36-42-60(76)50-56-81-71(79)74-52-38-32-30-28-26-24-22-20-18-16-14-12-10-8-6-4-2;/h33-34,43-48,57-60H,3-32,35-42,49-56H2,1-2H3,(H,73,78)(H,74,79);1H4. The van der Waals surface area contributed by atoms with Gasteiger partial charge in [-0.1, -0.05) is 232 Å². The highest BCUT2D eigenvalue weighted by atomic mass is 16.6. The number of alkyl carbamates (subject to hydrolysis) is 2. The van der Waals surface area contributed by atoms with Gasteiger partial charge in [-0.2, -0.15) is 0 Å². The van der Waals surface area contributed by atoms with Crippen molar-refractivity contribution in [1.29, 1.82) is 0 Å². The van der Waals surface area contributed by atoms with Crippen molar-refractivity contribution in [3.05, 3.63) is 82.9 Å². The number of rotatable bonds is 42. The number of carbonyl (C=O) groups is 3. The number of fused-ring (bicyclic) bond motifs is 6. The lowest BCUT2D eigenvalue weighted by molar-refractivity contribution is 0.0224. The van der Waals surface area contributed by atoms with Crippen LogP contribution in [0, 0.1) is 0 Å². The normalized spacial score (nSPS) is 17.9. The predicted molar refractivity (Wildman–Crippen MR) is 348 cm³/mol. The van der Waals surface area contributed by atoms with E-state index >= 15 is 0 Å². The summed E-state index contributed by atoms with van der Waals surface area (Å²) in [6.07, 6.45) is 49.7. The molecular formula is C73H116N4O7. The molecule has 2 N–H and O–H groups in total. The molecule has 4 aliphatic rings. The number of nitrogens with zero attached hydrogens (tertiary/aromatic N) is 2. The molecule has 11 heteroatoms. The number of esters is 1. The van der Waals surface area contributed by atoms with E-state index in [4.69, 9.17) is 18.9 Å². The number of nitrogens with one attached hydrogen (secondary N) is 2. The minimum absolute atomic E-state index is 0. The van der Waals surface area contributed by atoms with Gasteiger partial charge in [0.15, 0.2) is 5.60 Å². The SMILES string of the molecule is C.CCCCCCCCCCCCCCCCCCNC(=O)OCCC1CCCCN1c1ccc2c(c1)Oc1cc(N3CCCCC3CCOC(=O)NCCCCCCCCCCCCCCCCCC)ccc1C21OC(=O)c2ccccc21. The van der Waals surface area contributed by atoms with Crippen molar-refractivity contribution in [2.75, 3.05) is 49.2 Å². The highest BCUT2D eigenvalue weighted by Gasteiger charge is 2.53. The van der Waals surface area contributed by atoms with Crippen LogP contribution in [-0.4, -0.2) is 69.6 Å². The van der Waals surface area contributed by atoms with E-state index in [1.165, 1.54) is 180 Å². The maximum Gasteiger partial charge on any atom is 0.407 e. The fourth-order valence-corrected chi connectivity index (χ4v) is 13.7. The third kappa shape index (κ3) is 21.8. The third-order valence-corrected chi connectivity index (χ3v) is 18.6. The fourth-order valence-electron chi connectivity index (χ4n) is 13.7. The van der Waals surface area contributed by atoms with Crippen molar-refractivity contribution in [2.24, 2.45) is 0 Å². The van der Waals surface area contributed by atoms with Gasteiger partial charge in [-0.15, -0.1) is 0 Å². The quantitative estimate of drug-likeness (QED) is 0.0325. The van der Waals surface area contributed by atoms with Gasteiger partial charge in [0.25, 0.3) is 0 Å². The lowest BCUT2D eigenvalue weighted by atomic mass is 9.77. The number of hydrogen-bond donors (Lipinski definition) is 2. The minimum atomic E-state index is -1.17. The Morgan fingerprint density at radius 1 is 0.488 bits per heavy atom. The summed E-state index contributed by atoms with van der Waals surface area (Å²) in [5.41, 5.74) is 3.90. The molecule has 2 unspecified atom stereocenters. The second kappa shape index (κ2) is 39.7. The molecule has 0 bridgehead atoms. The number of hydrogen-bond acceptors (Lipinski definition) is 9. The molecule has 84 heavy (non-hydrogen) atoms. The molecule has 3 aromatic carbocycles. The van der Waals surface area contributed by atoms with E-state index in [1.54, 1.807) is 0 Å². The molecule has 2 fully saturated rings. The van der Waals surface area contributed by atoms with Gasteiger partial charge in [-0.05, 0) is 81.7 Å². The molecule has 2 amide bonds. The van der Waals surface area contributed by atoms with Crippen molar-refractivity contribution in [3.63, 3.8) is 0 Å². The highest BCUT2D eigenvalue weighted by molar-refractivity contribution is 5.97. The first-order valence-electron chi connectivity index (χ1n) is 34.6. The molecule has 470 valence electrons. The molecule has 2 atom stereocenters. The van der Waals surface area contributed by atoms with Crippen LogP contribution in [0.15, 0.2) is 60.7 Å². The van der Waals surface area contributed by atoms with Crippen LogP contribution >= 0.6 is 0 Å². The van der Waals surface area contributed by atoms with Crippen molar-refractivity contribution in [2.45, 2.75) is 296 Å². The summed E-state index contributed by atoms with van der Waals surface area (Å²) >= 11 is 0. The van der Waals surface area contributed by atoms with Crippen molar-refractivity contribution in [3.8, 4) is 11.5 Å². The topological polar surface area (TPSA) is 119 Å². The van der Waals surface area contributed by atoms with Crippen LogP contribution in [0.2, 0.25) is 0 Å². The van der Waals surface area contributed by atoms with Gasteiger partial charge in [0.05, 0.1) is 18.8 Å². The molecule has 0 saturated carbocycles. The Morgan fingerprint density at radius 3 is 1.25 bits per heavy atom. The first-order chi connectivity index (χ1) is 40.9. The van der Waals surface area contributed by atoms with Crippen LogP contribution < -0.4 is 25.2 Å². The van der Waals surface area contributed by atoms with E-state index < -0.39 is 5.60 Å². The number of unbranched alkanes of at least 4 members (excludes halogenated alkanes) is 30. The molecule has 7 rings (SSSR count). The molecule has 3 aromatic rings. The minimum Gasteiger partial charge on any atom is -0.456 e. The fraction of sp³-hybridized carbons (Fsp3) is 0.712. The average molecular weight is 1160 g/mol. The average Bonchev–Trinajstić information content (AvgIpc) is 1.66. The molecule has 0 aliphatic carbocycles. The Kier molecular flexibility index (Phi) is 32.2. The van der Waals surface area contributed by atoms with Gasteiger partial charge >= 0.3 is 18.2 Å². The van der Waals surface area contributed by atoms with Crippen LogP contribution in [0.25, 0.3) is 0 Å². The van der Waals surface area contributed by atoms with E-state index in [0.29, 0.717) is 43.4 Å². The summed E-state index contributed by atoms with van der Waals surface area (Å²) in [5.74, 6) is 0.989. The third-order valence-electron chi connectivity index (χ3n) is 18.6. The Hall–Kier alpha value is -4.93. The van der Waals surface area contributed by atoms with Crippen molar-refractivity contribution < 1.29 is 33.3 Å². The van der Waals surface area contributed by atoms with E-state index in [1.807, 2.05) is 24.3 Å². The molecule has 11 nitrogen and oxygen atoms in total. The maximum atomic E-state index is 13.8. The zero-order valence-electron chi connectivity index (χ0n) is 52.2. The van der Waals surface area contributed by atoms with Gasteiger partial charge in [-0.25, -0.2) is 14.4 Å². The summed E-state index contributed by atoms with van der Waals surface area (Å²) in [6, 6.07) is 20.8. The van der Waals surface area contributed by atoms with Crippen LogP contribution in [0.1, 0.15) is 305 Å². The number of benzene rings is 3. The van der Waals surface area contributed by atoms with Gasteiger partial charge in [-0.3, -0.25) is 0 Å². The first kappa shape index (κ1) is 68.2. The van der Waals surface area contributed by atoms with Crippen LogP contribution in [0.5, 0.6) is 11.5 Å². The predicted octanol–water partition coefficient (Wildman–Crippen LogP) is 20.4. The monoisotopic (exact) mass is 1160 g/mol. The zero-order chi connectivity index (χ0) is 58.0. The van der Waals surface area contributed by atoms with E-state index in [9.17, 15) is 14.4 Å². The Labute approximate surface area is 510 Å². The summed E-state index contributed by atoms with van der Waals surface area (Å²) in [4.78, 5) is 44.3. The second-order valence-electron chi connectivity index (χ2n) is 25.1. The largest absolute Gasteiger partial charge is 0.456 e. The Bertz CT molecular complexity index is 2200. The maximum absolute atomic E-state index is 13.8. The van der Waals surface area contributed by atoms with Crippen molar-refractivity contribution in [1.82, 2.24) is 10.6 Å². The highest BCUT2D eigenvalue weighted by Crippen LogP contribution is 2.57. The number of carbonyl (C=O) groups excluding carboxylic acids is 3. The van der Waals surface area contributed by atoms with Crippen LogP contribution in [0.3, 0.4) is 0 Å². The molecule has 0 radical (unpaired) electrons. The van der Waals surface area contributed by atoms with E-state index in [2.05, 4.69) is 70.7 Å². The summed E-state index contributed by atoms with van der Waals surface area (Å²) < 4.78 is 25.1. The van der Waals surface area contributed by atoms with Gasteiger partial charge < -0.3 is 39.4 Å². The number of anilines is 2. The lowest BCUT2D eigenvalue weighted by Gasteiger charge is -2.41. The Morgan fingerprint density at radius 2 is 0.857 bits per heavy atom. The molecule has 1 spiro atoms. The Balaban J connectivity index is 0.0000113. The van der Waals surface area contributed by atoms with E-state index in [-0.39, 0.29) is 37.7 Å². The summed E-state index contributed by atoms with van der Waals surface area (Å²) in [7, 11) is 0. The lowest BCUT2D eigenvalue weighted by Crippen LogP contribution is -2.41. The van der Waals surface area contributed by atoms with Crippen LogP contribution in [0.4, 0.5) is 21.0 Å². The first-order valence-corrected chi connectivity index (χ1v) is 34.6. The molecule has 4 heterocycles. The molecule has 0 aromatic heterocycles. The van der Waals surface area contributed by atoms with Gasteiger partial charge in [0, 0.05) is 91.3 Å². The molecule has 2 saturated heterocycles. The smallest absolute Gasteiger partial charge is 0.407 e. The van der Waals surface area contributed by atoms with Crippen molar-refractivity contribution >= 4 is 29.5 Å².